The highest BCUT2D eigenvalue weighted by molar-refractivity contribution is 7.99. The highest BCUT2D eigenvalue weighted by Gasteiger charge is 2.27. The number of aliphatic hydroxyl groups excluding tert-OH is 1. The molecule has 1 rings (SSSR count). The summed E-state index contributed by atoms with van der Waals surface area (Å²) in [7, 11) is 0. The molecule has 94 valence electrons. The summed E-state index contributed by atoms with van der Waals surface area (Å²) in [5.41, 5.74) is 0. The number of ketones is 1. The maximum Gasteiger partial charge on any atom is 0.139 e. The van der Waals surface area contributed by atoms with E-state index in [9.17, 15) is 4.79 Å². The molecule has 0 aromatic heterocycles. The van der Waals surface area contributed by atoms with Gasteiger partial charge in [0.1, 0.15) is 5.78 Å². The lowest BCUT2D eigenvalue weighted by Gasteiger charge is -2.25. The minimum atomic E-state index is -0.0584. The number of hydrogen-bond donors (Lipinski definition) is 1. The van der Waals surface area contributed by atoms with Crippen molar-refractivity contribution in [3.8, 4) is 0 Å². The molecule has 0 aliphatic heterocycles. The molecule has 2 atom stereocenters. The number of hydrogen-bond acceptors (Lipinski definition) is 3. The predicted octanol–water partition coefficient (Wildman–Crippen LogP) is 3.03. The fraction of sp³-hybridized carbons (Fsp3) is 0.923. The topological polar surface area (TPSA) is 37.3 Å². The Kier molecular flexibility index (Phi) is 7.13. The standard InChI is InChI=1S/C13H24O2S/c1-2-3-4-5-8-16-12-7-6-11(10-14)13(15)9-12/h11-12,14H,2-10H2,1H3. The highest BCUT2D eigenvalue weighted by atomic mass is 32.2. The van der Waals surface area contributed by atoms with E-state index in [-0.39, 0.29) is 18.3 Å². The molecule has 1 saturated carbocycles. The Bertz CT molecular complexity index is 206. The first-order valence-electron chi connectivity index (χ1n) is 6.53. The van der Waals surface area contributed by atoms with E-state index in [1.54, 1.807) is 0 Å². The van der Waals surface area contributed by atoms with Gasteiger partial charge in [-0.05, 0) is 25.0 Å². The van der Waals surface area contributed by atoms with Crippen LogP contribution in [0.4, 0.5) is 0 Å². The van der Waals surface area contributed by atoms with Gasteiger partial charge in [-0.25, -0.2) is 0 Å². The van der Waals surface area contributed by atoms with Crippen LogP contribution in [-0.4, -0.2) is 28.5 Å². The van der Waals surface area contributed by atoms with Crippen molar-refractivity contribution in [3.63, 3.8) is 0 Å². The van der Waals surface area contributed by atoms with Gasteiger partial charge in [-0.15, -0.1) is 0 Å². The summed E-state index contributed by atoms with van der Waals surface area (Å²) in [6, 6.07) is 0. The number of carbonyl (C=O) groups excluding carboxylic acids is 1. The average molecular weight is 244 g/mol. The molecule has 1 fully saturated rings. The molecular formula is C13H24O2S. The number of Topliss-reactive ketones (excluding diaryl/α,β-unsaturated/α-hetero) is 1. The molecule has 2 unspecified atom stereocenters. The molecule has 0 aromatic carbocycles. The fourth-order valence-electron chi connectivity index (χ4n) is 2.16. The zero-order valence-electron chi connectivity index (χ0n) is 10.3. The Labute approximate surface area is 103 Å². The lowest BCUT2D eigenvalue weighted by molar-refractivity contribution is -0.125. The van der Waals surface area contributed by atoms with Crippen LogP contribution in [0.3, 0.4) is 0 Å². The van der Waals surface area contributed by atoms with Gasteiger partial charge >= 0.3 is 0 Å². The largest absolute Gasteiger partial charge is 0.396 e. The van der Waals surface area contributed by atoms with Crippen LogP contribution in [0.1, 0.15) is 51.9 Å². The molecule has 2 nitrogen and oxygen atoms in total. The Hall–Kier alpha value is -0.0200. The summed E-state index contributed by atoms with van der Waals surface area (Å²) in [5, 5.41) is 9.52. The molecular weight excluding hydrogens is 220 g/mol. The van der Waals surface area contributed by atoms with Crippen LogP contribution in [0.25, 0.3) is 0 Å². The van der Waals surface area contributed by atoms with E-state index in [0.717, 1.165) is 12.8 Å². The smallest absolute Gasteiger partial charge is 0.139 e. The Morgan fingerprint density at radius 2 is 2.12 bits per heavy atom. The summed E-state index contributed by atoms with van der Waals surface area (Å²) in [5.74, 6) is 1.42. The zero-order valence-corrected chi connectivity index (χ0v) is 11.1. The van der Waals surface area contributed by atoms with Crippen LogP contribution in [0.15, 0.2) is 0 Å². The van der Waals surface area contributed by atoms with Crippen LogP contribution in [-0.2, 0) is 4.79 Å². The second-order valence-electron chi connectivity index (χ2n) is 4.68. The van der Waals surface area contributed by atoms with Crippen molar-refractivity contribution >= 4 is 17.5 Å². The van der Waals surface area contributed by atoms with Crippen molar-refractivity contribution in [3.05, 3.63) is 0 Å². The molecule has 0 saturated heterocycles. The Morgan fingerprint density at radius 3 is 2.75 bits per heavy atom. The lowest BCUT2D eigenvalue weighted by Crippen LogP contribution is -2.28. The zero-order chi connectivity index (χ0) is 11.8. The molecule has 1 aliphatic carbocycles. The molecule has 0 amide bonds. The van der Waals surface area contributed by atoms with Crippen LogP contribution >= 0.6 is 11.8 Å². The second-order valence-corrected chi connectivity index (χ2v) is 6.09. The maximum absolute atomic E-state index is 11.6. The molecule has 0 bridgehead atoms. The van der Waals surface area contributed by atoms with E-state index in [4.69, 9.17) is 5.11 Å². The number of unbranched alkanes of at least 4 members (excludes halogenated alkanes) is 3. The van der Waals surface area contributed by atoms with Crippen molar-refractivity contribution in [2.75, 3.05) is 12.4 Å². The van der Waals surface area contributed by atoms with Crippen molar-refractivity contribution in [1.29, 1.82) is 0 Å². The van der Waals surface area contributed by atoms with Gasteiger partial charge in [0, 0.05) is 17.6 Å². The Morgan fingerprint density at radius 1 is 1.31 bits per heavy atom. The van der Waals surface area contributed by atoms with Gasteiger partial charge in [-0.2, -0.15) is 11.8 Å². The molecule has 0 spiro atoms. The van der Waals surface area contributed by atoms with E-state index >= 15 is 0 Å². The van der Waals surface area contributed by atoms with Crippen LogP contribution in [0, 0.1) is 5.92 Å². The monoisotopic (exact) mass is 244 g/mol. The summed E-state index contributed by atoms with van der Waals surface area (Å²) >= 11 is 1.96. The summed E-state index contributed by atoms with van der Waals surface area (Å²) in [4.78, 5) is 11.6. The first-order valence-corrected chi connectivity index (χ1v) is 7.58. The third kappa shape index (κ3) is 4.88. The van der Waals surface area contributed by atoms with Gasteiger partial charge in [-0.3, -0.25) is 4.79 Å². The van der Waals surface area contributed by atoms with Gasteiger partial charge < -0.3 is 5.11 Å². The van der Waals surface area contributed by atoms with Crippen molar-refractivity contribution in [2.45, 2.75) is 57.1 Å². The summed E-state index contributed by atoms with van der Waals surface area (Å²) < 4.78 is 0. The van der Waals surface area contributed by atoms with Gasteiger partial charge in [0.2, 0.25) is 0 Å². The van der Waals surface area contributed by atoms with Crippen LogP contribution in [0.2, 0.25) is 0 Å². The van der Waals surface area contributed by atoms with E-state index in [2.05, 4.69) is 6.92 Å². The van der Waals surface area contributed by atoms with Gasteiger partial charge in [-0.1, -0.05) is 26.2 Å². The number of carbonyl (C=O) groups is 1. The fourth-order valence-corrected chi connectivity index (χ4v) is 3.44. The van der Waals surface area contributed by atoms with E-state index in [1.165, 1.54) is 31.4 Å². The number of thioether (sulfide) groups is 1. The van der Waals surface area contributed by atoms with Gasteiger partial charge in [0.25, 0.3) is 0 Å². The quantitative estimate of drug-likeness (QED) is 0.699. The first-order chi connectivity index (χ1) is 7.77. The SMILES string of the molecule is CCCCCCSC1CCC(CO)C(=O)C1. The maximum atomic E-state index is 11.6. The number of aliphatic hydroxyl groups is 1. The predicted molar refractivity (Wildman–Crippen MR) is 69.8 cm³/mol. The molecule has 3 heteroatoms. The van der Waals surface area contributed by atoms with Crippen molar-refractivity contribution in [2.24, 2.45) is 5.92 Å². The van der Waals surface area contributed by atoms with E-state index in [1.807, 2.05) is 11.8 Å². The molecule has 1 N–H and O–H groups in total. The lowest BCUT2D eigenvalue weighted by atomic mass is 9.88. The normalized spacial score (nSPS) is 26.0. The second kappa shape index (κ2) is 8.13. The highest BCUT2D eigenvalue weighted by Crippen LogP contribution is 2.30. The number of rotatable bonds is 7. The molecule has 16 heavy (non-hydrogen) atoms. The molecule has 1 aliphatic rings. The van der Waals surface area contributed by atoms with Gasteiger partial charge in [0.05, 0.1) is 6.61 Å². The van der Waals surface area contributed by atoms with E-state index in [0.29, 0.717) is 11.7 Å². The molecule has 0 heterocycles. The first kappa shape index (κ1) is 14.0. The third-order valence-corrected chi connectivity index (χ3v) is 4.69. The van der Waals surface area contributed by atoms with E-state index < -0.39 is 0 Å². The van der Waals surface area contributed by atoms with Crippen LogP contribution in [0.5, 0.6) is 0 Å². The summed E-state index contributed by atoms with van der Waals surface area (Å²) in [6.45, 7) is 2.27. The summed E-state index contributed by atoms with van der Waals surface area (Å²) in [6.07, 6.45) is 7.90. The average Bonchev–Trinajstić information content (AvgIpc) is 2.29. The molecule has 0 radical (unpaired) electrons. The third-order valence-electron chi connectivity index (χ3n) is 3.29. The Balaban J connectivity index is 2.08. The molecule has 0 aromatic rings. The van der Waals surface area contributed by atoms with Crippen LogP contribution < -0.4 is 0 Å². The van der Waals surface area contributed by atoms with Crippen molar-refractivity contribution in [1.82, 2.24) is 0 Å². The van der Waals surface area contributed by atoms with Crippen molar-refractivity contribution < 1.29 is 9.90 Å². The minimum absolute atomic E-state index is 0.0483. The minimum Gasteiger partial charge on any atom is -0.396 e. The van der Waals surface area contributed by atoms with Gasteiger partial charge in [0.15, 0.2) is 0 Å².